The molecule has 0 amide bonds. The van der Waals surface area contributed by atoms with E-state index in [0.717, 1.165) is 24.6 Å². The smallest absolute Gasteiger partial charge is 0.135 e. The monoisotopic (exact) mass is 207 g/mol. The molecule has 3 nitrogen and oxygen atoms in total. The Hall–Kier alpha value is -1.09. The first-order chi connectivity index (χ1) is 7.16. The molecule has 0 aliphatic carbocycles. The number of rotatable bonds is 2. The molecule has 1 saturated heterocycles. The van der Waals surface area contributed by atoms with Crippen LogP contribution in [-0.2, 0) is 4.79 Å². The van der Waals surface area contributed by atoms with Crippen LogP contribution in [0.25, 0.3) is 0 Å². The molecule has 1 aromatic rings. The lowest BCUT2D eigenvalue weighted by Gasteiger charge is -2.30. The summed E-state index contributed by atoms with van der Waals surface area (Å²) in [7, 11) is 0. The number of piperidine rings is 1. The zero-order valence-electron chi connectivity index (χ0n) is 9.32. The van der Waals surface area contributed by atoms with E-state index < -0.39 is 0 Å². The van der Waals surface area contributed by atoms with Crippen LogP contribution in [0.2, 0.25) is 0 Å². The number of hydrogen-bond acceptors (Lipinski definition) is 3. The first-order valence-corrected chi connectivity index (χ1v) is 5.49. The number of hydrogen-bond donors (Lipinski definition) is 0. The molecule has 3 heteroatoms. The van der Waals surface area contributed by atoms with Crippen LogP contribution in [0.4, 0.5) is 0 Å². The number of likely N-dealkylation sites (tertiary alicyclic amines) is 1. The van der Waals surface area contributed by atoms with Crippen molar-refractivity contribution in [2.45, 2.75) is 32.7 Å². The Bertz CT molecular complexity index is 346. The predicted octanol–water partition coefficient (Wildman–Crippen LogP) is 2.31. The van der Waals surface area contributed by atoms with Gasteiger partial charge in [-0.3, -0.25) is 9.69 Å². The van der Waals surface area contributed by atoms with E-state index in [-0.39, 0.29) is 6.04 Å². The maximum absolute atomic E-state index is 11.1. The van der Waals surface area contributed by atoms with E-state index in [9.17, 15) is 4.79 Å². The fourth-order valence-electron chi connectivity index (χ4n) is 2.02. The van der Waals surface area contributed by atoms with Gasteiger partial charge >= 0.3 is 0 Å². The van der Waals surface area contributed by atoms with E-state index in [2.05, 4.69) is 11.8 Å². The number of carbonyl (C=O) groups is 1. The van der Waals surface area contributed by atoms with Gasteiger partial charge in [0.1, 0.15) is 17.3 Å². The molecule has 1 aliphatic rings. The van der Waals surface area contributed by atoms with Crippen LogP contribution < -0.4 is 0 Å². The molecule has 0 spiro atoms. The summed E-state index contributed by atoms with van der Waals surface area (Å²) >= 11 is 0. The number of nitrogens with zero attached hydrogens (tertiary/aromatic N) is 1. The summed E-state index contributed by atoms with van der Waals surface area (Å²) in [6.45, 7) is 5.81. The number of Topliss-reactive ketones (excluding diaryl/α,β-unsaturated/α-hetero) is 1. The third-order valence-corrected chi connectivity index (χ3v) is 3.08. The highest BCUT2D eigenvalue weighted by Gasteiger charge is 2.23. The van der Waals surface area contributed by atoms with Crippen LogP contribution in [0.1, 0.15) is 37.3 Å². The van der Waals surface area contributed by atoms with Gasteiger partial charge in [-0.1, -0.05) is 0 Å². The van der Waals surface area contributed by atoms with Gasteiger partial charge in [0.25, 0.3) is 0 Å². The van der Waals surface area contributed by atoms with Crippen molar-refractivity contribution in [3.8, 4) is 0 Å². The molecule has 1 aliphatic heterocycles. The highest BCUT2D eigenvalue weighted by atomic mass is 16.3. The van der Waals surface area contributed by atoms with Crippen molar-refractivity contribution in [3.63, 3.8) is 0 Å². The van der Waals surface area contributed by atoms with Gasteiger partial charge in [-0.2, -0.15) is 0 Å². The molecule has 15 heavy (non-hydrogen) atoms. The lowest BCUT2D eigenvalue weighted by atomic mass is 10.1. The first kappa shape index (κ1) is 10.4. The summed E-state index contributed by atoms with van der Waals surface area (Å²) in [5.41, 5.74) is 0. The van der Waals surface area contributed by atoms with E-state index in [1.54, 1.807) is 0 Å². The molecule has 0 radical (unpaired) electrons. The standard InChI is InChI=1S/C12H17NO2/c1-9-3-4-12(15-9)10(2)13-7-5-11(14)6-8-13/h3-4,10H,5-8H2,1-2H3. The van der Waals surface area contributed by atoms with Gasteiger partial charge in [0.05, 0.1) is 6.04 Å². The first-order valence-electron chi connectivity index (χ1n) is 5.49. The van der Waals surface area contributed by atoms with Crippen LogP contribution in [-0.4, -0.2) is 23.8 Å². The Balaban J connectivity index is 2.02. The SMILES string of the molecule is Cc1ccc(C(C)N2CCC(=O)CC2)o1. The maximum atomic E-state index is 11.1. The summed E-state index contributed by atoms with van der Waals surface area (Å²) in [5, 5.41) is 0. The molecule has 1 unspecified atom stereocenters. The van der Waals surface area contributed by atoms with Gasteiger partial charge < -0.3 is 4.42 Å². The molecular weight excluding hydrogens is 190 g/mol. The average molecular weight is 207 g/mol. The number of carbonyl (C=O) groups excluding carboxylic acids is 1. The van der Waals surface area contributed by atoms with Crippen molar-refractivity contribution in [1.29, 1.82) is 0 Å². The van der Waals surface area contributed by atoms with Gasteiger partial charge in [-0.25, -0.2) is 0 Å². The minimum absolute atomic E-state index is 0.284. The molecule has 1 atom stereocenters. The quantitative estimate of drug-likeness (QED) is 0.746. The third kappa shape index (κ3) is 2.29. The Morgan fingerprint density at radius 3 is 2.53 bits per heavy atom. The number of aryl methyl sites for hydroxylation is 1. The topological polar surface area (TPSA) is 33.5 Å². The van der Waals surface area contributed by atoms with Crippen LogP contribution in [0.15, 0.2) is 16.5 Å². The highest BCUT2D eigenvalue weighted by molar-refractivity contribution is 5.79. The Kier molecular flexibility index (Phi) is 2.91. The van der Waals surface area contributed by atoms with Crippen molar-refractivity contribution in [2.75, 3.05) is 13.1 Å². The zero-order chi connectivity index (χ0) is 10.8. The average Bonchev–Trinajstić information content (AvgIpc) is 2.65. The van der Waals surface area contributed by atoms with E-state index in [4.69, 9.17) is 4.42 Å². The van der Waals surface area contributed by atoms with Gasteiger partial charge in [-0.05, 0) is 26.0 Å². The molecule has 0 saturated carbocycles. The van der Waals surface area contributed by atoms with Gasteiger partial charge in [0.2, 0.25) is 0 Å². The second kappa shape index (κ2) is 4.19. The molecule has 0 aromatic carbocycles. The summed E-state index contributed by atoms with van der Waals surface area (Å²) in [6.07, 6.45) is 1.37. The van der Waals surface area contributed by atoms with E-state index in [1.165, 1.54) is 0 Å². The molecule has 0 N–H and O–H groups in total. The Labute approximate surface area is 90.1 Å². The molecule has 1 aromatic heterocycles. The van der Waals surface area contributed by atoms with Crippen LogP contribution in [0, 0.1) is 6.92 Å². The van der Waals surface area contributed by atoms with Crippen molar-refractivity contribution >= 4 is 5.78 Å². The second-order valence-corrected chi connectivity index (χ2v) is 4.20. The fraction of sp³-hybridized carbons (Fsp3) is 0.583. The van der Waals surface area contributed by atoms with Crippen molar-refractivity contribution in [1.82, 2.24) is 4.90 Å². The van der Waals surface area contributed by atoms with E-state index in [1.807, 2.05) is 19.1 Å². The number of ketones is 1. The summed E-state index contributed by atoms with van der Waals surface area (Å²) < 4.78 is 5.60. The molecule has 2 heterocycles. The van der Waals surface area contributed by atoms with Gasteiger partial charge in [0.15, 0.2) is 0 Å². The highest BCUT2D eigenvalue weighted by Crippen LogP contribution is 2.24. The predicted molar refractivity (Wildman–Crippen MR) is 57.7 cm³/mol. The summed E-state index contributed by atoms with van der Waals surface area (Å²) in [6, 6.07) is 4.30. The van der Waals surface area contributed by atoms with Crippen molar-refractivity contribution < 1.29 is 9.21 Å². The molecular formula is C12H17NO2. The maximum Gasteiger partial charge on any atom is 0.135 e. The molecule has 82 valence electrons. The van der Waals surface area contributed by atoms with Crippen LogP contribution in [0.5, 0.6) is 0 Å². The van der Waals surface area contributed by atoms with E-state index in [0.29, 0.717) is 18.6 Å². The summed E-state index contributed by atoms with van der Waals surface area (Å²) in [4.78, 5) is 13.4. The largest absolute Gasteiger partial charge is 0.465 e. The van der Waals surface area contributed by atoms with E-state index >= 15 is 0 Å². The second-order valence-electron chi connectivity index (χ2n) is 4.20. The third-order valence-electron chi connectivity index (χ3n) is 3.08. The minimum atomic E-state index is 0.284. The van der Waals surface area contributed by atoms with Crippen LogP contribution in [0.3, 0.4) is 0 Å². The molecule has 1 fully saturated rings. The lowest BCUT2D eigenvalue weighted by Crippen LogP contribution is -2.35. The lowest BCUT2D eigenvalue weighted by molar-refractivity contribution is -0.121. The van der Waals surface area contributed by atoms with Crippen LogP contribution >= 0.6 is 0 Å². The Morgan fingerprint density at radius 2 is 2.00 bits per heavy atom. The minimum Gasteiger partial charge on any atom is -0.465 e. The molecule has 0 bridgehead atoms. The zero-order valence-corrected chi connectivity index (χ0v) is 9.32. The number of furan rings is 1. The van der Waals surface area contributed by atoms with Crippen molar-refractivity contribution in [3.05, 3.63) is 23.7 Å². The normalized spacial score (nSPS) is 20.5. The Morgan fingerprint density at radius 1 is 1.33 bits per heavy atom. The van der Waals surface area contributed by atoms with Gasteiger partial charge in [-0.15, -0.1) is 0 Å². The van der Waals surface area contributed by atoms with Gasteiger partial charge in [0, 0.05) is 25.9 Å². The summed E-state index contributed by atoms with van der Waals surface area (Å²) in [5.74, 6) is 2.33. The van der Waals surface area contributed by atoms with Crippen molar-refractivity contribution in [2.24, 2.45) is 0 Å². The molecule has 2 rings (SSSR count). The fourth-order valence-corrected chi connectivity index (χ4v) is 2.02.